The SMILES string of the molecule is O=[N+]([O-])c1ccc(Oc2ccc(F)cc2CBr)cc1F. The zero-order valence-electron chi connectivity index (χ0n) is 9.98. The molecule has 0 aliphatic rings. The quantitative estimate of drug-likeness (QED) is 0.464. The highest BCUT2D eigenvalue weighted by Crippen LogP contribution is 2.30. The van der Waals surface area contributed by atoms with E-state index in [2.05, 4.69) is 15.9 Å². The second-order valence-electron chi connectivity index (χ2n) is 3.86. The van der Waals surface area contributed by atoms with Crippen LogP contribution in [0.2, 0.25) is 0 Å². The summed E-state index contributed by atoms with van der Waals surface area (Å²) < 4.78 is 31.9. The second-order valence-corrected chi connectivity index (χ2v) is 4.42. The number of alkyl halides is 1. The van der Waals surface area contributed by atoms with Gasteiger partial charge in [0.1, 0.15) is 17.3 Å². The predicted molar refractivity (Wildman–Crippen MR) is 72.2 cm³/mol. The zero-order chi connectivity index (χ0) is 14.7. The van der Waals surface area contributed by atoms with E-state index in [9.17, 15) is 18.9 Å². The average molecular weight is 344 g/mol. The van der Waals surface area contributed by atoms with Crippen molar-refractivity contribution in [2.45, 2.75) is 5.33 Å². The molecule has 0 aliphatic carbocycles. The summed E-state index contributed by atoms with van der Waals surface area (Å²) in [5, 5.41) is 10.9. The number of nitro benzene ring substituents is 1. The van der Waals surface area contributed by atoms with Crippen LogP contribution in [0.3, 0.4) is 0 Å². The first kappa shape index (κ1) is 14.4. The van der Waals surface area contributed by atoms with Crippen LogP contribution in [0.4, 0.5) is 14.5 Å². The monoisotopic (exact) mass is 343 g/mol. The maximum absolute atomic E-state index is 13.5. The minimum atomic E-state index is -0.991. The Bertz CT molecular complexity index is 664. The van der Waals surface area contributed by atoms with Crippen LogP contribution in [0.15, 0.2) is 36.4 Å². The predicted octanol–water partition coefficient (Wildman–Crippen LogP) is 4.56. The van der Waals surface area contributed by atoms with Crippen molar-refractivity contribution in [3.8, 4) is 11.5 Å². The van der Waals surface area contributed by atoms with Crippen molar-refractivity contribution in [2.24, 2.45) is 0 Å². The van der Waals surface area contributed by atoms with E-state index in [-0.39, 0.29) is 5.75 Å². The molecule has 0 aliphatic heterocycles. The number of nitrogens with zero attached hydrogens (tertiary/aromatic N) is 1. The van der Waals surface area contributed by atoms with Crippen molar-refractivity contribution >= 4 is 21.6 Å². The molecule has 4 nitrogen and oxygen atoms in total. The third-order valence-corrected chi connectivity index (χ3v) is 3.11. The summed E-state index contributed by atoms with van der Waals surface area (Å²) in [5.74, 6) is -0.963. The third-order valence-electron chi connectivity index (χ3n) is 2.51. The first-order valence-electron chi connectivity index (χ1n) is 5.47. The van der Waals surface area contributed by atoms with E-state index in [1.165, 1.54) is 24.3 Å². The van der Waals surface area contributed by atoms with E-state index >= 15 is 0 Å². The van der Waals surface area contributed by atoms with Crippen molar-refractivity contribution in [3.05, 3.63) is 63.7 Å². The Morgan fingerprint density at radius 1 is 1.20 bits per heavy atom. The van der Waals surface area contributed by atoms with Crippen molar-refractivity contribution < 1.29 is 18.4 Å². The van der Waals surface area contributed by atoms with Crippen molar-refractivity contribution in [3.63, 3.8) is 0 Å². The molecule has 0 atom stereocenters. The van der Waals surface area contributed by atoms with Crippen LogP contribution in [0, 0.1) is 21.7 Å². The fourth-order valence-corrected chi connectivity index (χ4v) is 2.02. The summed E-state index contributed by atoms with van der Waals surface area (Å²) in [6.45, 7) is 0. The van der Waals surface area contributed by atoms with Crippen LogP contribution < -0.4 is 4.74 Å². The number of ether oxygens (including phenoxy) is 1. The summed E-state index contributed by atoms with van der Waals surface area (Å²) in [6, 6.07) is 7.12. The minimum Gasteiger partial charge on any atom is -0.457 e. The smallest absolute Gasteiger partial charge is 0.305 e. The van der Waals surface area contributed by atoms with Crippen molar-refractivity contribution in [1.82, 2.24) is 0 Å². The van der Waals surface area contributed by atoms with Crippen molar-refractivity contribution in [2.75, 3.05) is 0 Å². The Labute approximate surface area is 121 Å². The maximum Gasteiger partial charge on any atom is 0.305 e. The summed E-state index contributed by atoms with van der Waals surface area (Å²) >= 11 is 3.19. The van der Waals surface area contributed by atoms with E-state index in [1.54, 1.807) is 0 Å². The van der Waals surface area contributed by atoms with Crippen LogP contribution >= 0.6 is 15.9 Å². The first-order chi connectivity index (χ1) is 9.51. The minimum absolute atomic E-state index is 0.0990. The highest BCUT2D eigenvalue weighted by Gasteiger charge is 2.15. The molecule has 2 aromatic carbocycles. The molecule has 0 bridgehead atoms. The molecule has 0 amide bonds. The Hall–Kier alpha value is -2.02. The van der Waals surface area contributed by atoms with Gasteiger partial charge in [-0.25, -0.2) is 4.39 Å². The Balaban J connectivity index is 2.31. The Morgan fingerprint density at radius 2 is 1.95 bits per heavy atom. The third kappa shape index (κ3) is 3.11. The molecule has 0 saturated heterocycles. The molecule has 0 saturated carbocycles. The molecule has 0 radical (unpaired) electrons. The van der Waals surface area contributed by atoms with Gasteiger partial charge in [0.2, 0.25) is 5.82 Å². The van der Waals surface area contributed by atoms with E-state index < -0.39 is 22.2 Å². The molecule has 0 heterocycles. The van der Waals surface area contributed by atoms with Gasteiger partial charge >= 0.3 is 5.69 Å². The van der Waals surface area contributed by atoms with Crippen LogP contribution in [-0.2, 0) is 5.33 Å². The molecule has 20 heavy (non-hydrogen) atoms. The molecule has 2 aromatic rings. The van der Waals surface area contributed by atoms with Crippen LogP contribution in [0.25, 0.3) is 0 Å². The van der Waals surface area contributed by atoms with Gasteiger partial charge in [-0.2, -0.15) is 4.39 Å². The fraction of sp³-hybridized carbons (Fsp3) is 0.0769. The molecular weight excluding hydrogens is 336 g/mol. The molecular formula is C13H8BrF2NO3. The van der Waals surface area contributed by atoms with Gasteiger partial charge in [0.15, 0.2) is 0 Å². The summed E-state index contributed by atoms with van der Waals surface area (Å²) in [6.07, 6.45) is 0. The van der Waals surface area contributed by atoms with E-state index in [0.29, 0.717) is 16.6 Å². The van der Waals surface area contributed by atoms with Gasteiger partial charge in [-0.3, -0.25) is 10.1 Å². The number of rotatable bonds is 4. The maximum atomic E-state index is 13.5. The van der Waals surface area contributed by atoms with Crippen LogP contribution in [0.5, 0.6) is 11.5 Å². The molecule has 0 spiro atoms. The summed E-state index contributed by atoms with van der Waals surface area (Å²) in [4.78, 5) is 9.69. The molecule has 104 valence electrons. The lowest BCUT2D eigenvalue weighted by Crippen LogP contribution is -1.94. The van der Waals surface area contributed by atoms with Gasteiger partial charge in [-0.1, -0.05) is 15.9 Å². The molecule has 2 rings (SSSR count). The van der Waals surface area contributed by atoms with Gasteiger partial charge in [-0.05, 0) is 24.3 Å². The van der Waals surface area contributed by atoms with E-state index in [1.807, 2.05) is 0 Å². The second kappa shape index (κ2) is 5.96. The Morgan fingerprint density at radius 3 is 2.55 bits per heavy atom. The number of hydrogen-bond donors (Lipinski definition) is 0. The standard InChI is InChI=1S/C13H8BrF2NO3/c14-7-8-5-9(15)1-4-13(8)20-10-2-3-12(17(18)19)11(16)6-10/h1-6H,7H2. The number of benzene rings is 2. The molecule has 0 N–H and O–H groups in total. The Kier molecular flexibility index (Phi) is 4.29. The lowest BCUT2D eigenvalue weighted by atomic mass is 10.2. The fourth-order valence-electron chi connectivity index (χ4n) is 1.58. The van der Waals surface area contributed by atoms with Gasteiger partial charge < -0.3 is 4.74 Å². The van der Waals surface area contributed by atoms with Crippen LogP contribution in [-0.4, -0.2) is 4.92 Å². The average Bonchev–Trinajstić information content (AvgIpc) is 2.40. The topological polar surface area (TPSA) is 52.4 Å². The summed E-state index contributed by atoms with van der Waals surface area (Å²) in [5.41, 5.74) is -0.0825. The molecule has 7 heteroatoms. The van der Waals surface area contributed by atoms with E-state index in [4.69, 9.17) is 4.74 Å². The number of halogens is 3. The molecule has 0 unspecified atom stereocenters. The first-order valence-corrected chi connectivity index (χ1v) is 6.59. The van der Waals surface area contributed by atoms with Gasteiger partial charge in [0.25, 0.3) is 0 Å². The number of hydrogen-bond acceptors (Lipinski definition) is 3. The lowest BCUT2D eigenvalue weighted by Gasteiger charge is -2.09. The number of nitro groups is 1. The molecule has 0 fully saturated rings. The van der Waals surface area contributed by atoms with Gasteiger partial charge in [0, 0.05) is 23.0 Å². The van der Waals surface area contributed by atoms with Crippen molar-refractivity contribution in [1.29, 1.82) is 0 Å². The highest BCUT2D eigenvalue weighted by molar-refractivity contribution is 9.08. The summed E-state index contributed by atoms with van der Waals surface area (Å²) in [7, 11) is 0. The molecule has 0 aromatic heterocycles. The van der Waals surface area contributed by atoms with E-state index in [0.717, 1.165) is 12.1 Å². The van der Waals surface area contributed by atoms with Gasteiger partial charge in [0.05, 0.1) is 4.92 Å². The lowest BCUT2D eigenvalue weighted by molar-refractivity contribution is -0.387. The largest absolute Gasteiger partial charge is 0.457 e. The van der Waals surface area contributed by atoms with Gasteiger partial charge in [-0.15, -0.1) is 0 Å². The van der Waals surface area contributed by atoms with Crippen LogP contribution in [0.1, 0.15) is 5.56 Å². The zero-order valence-corrected chi connectivity index (χ0v) is 11.6. The highest BCUT2D eigenvalue weighted by atomic mass is 79.9. The normalized spacial score (nSPS) is 10.3.